The van der Waals surface area contributed by atoms with E-state index in [0.717, 1.165) is 0 Å². The molecule has 1 aromatic rings. The van der Waals surface area contributed by atoms with E-state index in [9.17, 15) is 4.79 Å². The van der Waals surface area contributed by atoms with Gasteiger partial charge in [-0.15, -0.1) is 0 Å². The summed E-state index contributed by atoms with van der Waals surface area (Å²) >= 11 is 15.0. The number of carboxylic acids is 1. The lowest BCUT2D eigenvalue weighted by atomic mass is 10.3. The second-order valence-corrected chi connectivity index (χ2v) is 4.89. The van der Waals surface area contributed by atoms with Gasteiger partial charge in [0.25, 0.3) is 0 Å². The molecule has 0 unspecified atom stereocenters. The summed E-state index contributed by atoms with van der Waals surface area (Å²) in [6, 6.07) is 3.15. The molecule has 6 heteroatoms. The second kappa shape index (κ2) is 5.75. The van der Waals surface area contributed by atoms with Crippen LogP contribution in [0.1, 0.15) is 13.3 Å². The van der Waals surface area contributed by atoms with Gasteiger partial charge in [0.1, 0.15) is 11.9 Å². The molecule has 0 aliphatic rings. The monoisotopic (exact) mass is 326 g/mol. The fraction of sp³-hybridized carbons (Fsp3) is 0.300. The minimum atomic E-state index is -0.924. The van der Waals surface area contributed by atoms with Crippen LogP contribution in [0.3, 0.4) is 0 Å². The third-order valence-electron chi connectivity index (χ3n) is 1.77. The van der Waals surface area contributed by atoms with E-state index in [-0.39, 0.29) is 6.42 Å². The van der Waals surface area contributed by atoms with Crippen molar-refractivity contribution >= 4 is 45.1 Å². The van der Waals surface area contributed by atoms with Crippen molar-refractivity contribution in [2.24, 2.45) is 0 Å². The lowest BCUT2D eigenvalue weighted by Crippen LogP contribution is -2.16. The quantitative estimate of drug-likeness (QED) is 0.850. The van der Waals surface area contributed by atoms with E-state index in [1.807, 2.05) is 0 Å². The first kappa shape index (κ1) is 13.6. The van der Waals surface area contributed by atoms with Crippen molar-refractivity contribution in [1.82, 2.24) is 0 Å². The van der Waals surface area contributed by atoms with Gasteiger partial charge in [-0.25, -0.2) is 0 Å². The molecule has 0 saturated carbocycles. The molecule has 1 N–H and O–H groups in total. The maximum Gasteiger partial charge on any atom is 0.307 e. The highest BCUT2D eigenvalue weighted by Crippen LogP contribution is 2.34. The van der Waals surface area contributed by atoms with Crippen molar-refractivity contribution in [3.63, 3.8) is 0 Å². The van der Waals surface area contributed by atoms with Gasteiger partial charge in [0, 0.05) is 10.5 Å². The Bertz CT molecular complexity index is 409. The molecule has 1 rings (SSSR count). The number of carboxylic acid groups (broad SMARTS) is 1. The van der Waals surface area contributed by atoms with E-state index in [1.165, 1.54) is 0 Å². The van der Waals surface area contributed by atoms with Crippen molar-refractivity contribution in [2.75, 3.05) is 0 Å². The van der Waals surface area contributed by atoms with Crippen molar-refractivity contribution in [1.29, 1.82) is 0 Å². The maximum atomic E-state index is 10.5. The van der Waals surface area contributed by atoms with Gasteiger partial charge in [-0.2, -0.15) is 0 Å². The number of hydrogen-bond donors (Lipinski definition) is 1. The minimum Gasteiger partial charge on any atom is -0.488 e. The Morgan fingerprint density at radius 1 is 1.50 bits per heavy atom. The van der Waals surface area contributed by atoms with Crippen LogP contribution in [0.25, 0.3) is 0 Å². The Hall–Kier alpha value is -0.450. The van der Waals surface area contributed by atoms with Crippen LogP contribution in [0.2, 0.25) is 10.0 Å². The lowest BCUT2D eigenvalue weighted by molar-refractivity contribution is -0.138. The highest BCUT2D eigenvalue weighted by atomic mass is 79.9. The highest BCUT2D eigenvalue weighted by molar-refractivity contribution is 9.10. The van der Waals surface area contributed by atoms with E-state index in [1.54, 1.807) is 19.1 Å². The number of carbonyl (C=O) groups is 1. The third kappa shape index (κ3) is 3.85. The van der Waals surface area contributed by atoms with Crippen molar-refractivity contribution < 1.29 is 14.6 Å². The van der Waals surface area contributed by atoms with Gasteiger partial charge >= 0.3 is 5.97 Å². The summed E-state index contributed by atoms with van der Waals surface area (Å²) in [4.78, 5) is 10.5. The summed E-state index contributed by atoms with van der Waals surface area (Å²) in [6.45, 7) is 1.65. The third-order valence-corrected chi connectivity index (χ3v) is 3.26. The van der Waals surface area contributed by atoms with Crippen LogP contribution >= 0.6 is 39.1 Å². The predicted molar refractivity (Wildman–Crippen MR) is 66.5 cm³/mol. The zero-order chi connectivity index (χ0) is 12.3. The number of ether oxygens (including phenoxy) is 1. The molecule has 16 heavy (non-hydrogen) atoms. The van der Waals surface area contributed by atoms with Crippen molar-refractivity contribution in [3.8, 4) is 5.75 Å². The van der Waals surface area contributed by atoms with Gasteiger partial charge in [-0.05, 0) is 28.9 Å². The van der Waals surface area contributed by atoms with Gasteiger partial charge in [-0.3, -0.25) is 4.79 Å². The summed E-state index contributed by atoms with van der Waals surface area (Å²) in [6.07, 6.45) is -0.559. The van der Waals surface area contributed by atoms with Gasteiger partial charge < -0.3 is 9.84 Å². The predicted octanol–water partition coefficient (Wildman–Crippen LogP) is 4.00. The Morgan fingerprint density at radius 2 is 2.12 bits per heavy atom. The Kier molecular flexibility index (Phi) is 4.89. The van der Waals surface area contributed by atoms with Gasteiger partial charge in [0.05, 0.1) is 16.5 Å². The summed E-state index contributed by atoms with van der Waals surface area (Å²) < 4.78 is 6.04. The van der Waals surface area contributed by atoms with E-state index in [2.05, 4.69) is 15.9 Å². The van der Waals surface area contributed by atoms with Crippen LogP contribution in [0.5, 0.6) is 5.75 Å². The lowest BCUT2D eigenvalue weighted by Gasteiger charge is -2.14. The van der Waals surface area contributed by atoms with Crippen LogP contribution in [0, 0.1) is 0 Å². The molecule has 1 aromatic carbocycles. The highest BCUT2D eigenvalue weighted by Gasteiger charge is 2.13. The van der Waals surface area contributed by atoms with E-state index >= 15 is 0 Å². The molecule has 0 amide bonds. The van der Waals surface area contributed by atoms with Gasteiger partial charge in [-0.1, -0.05) is 23.2 Å². The summed E-state index contributed by atoms with van der Waals surface area (Å²) in [7, 11) is 0. The van der Waals surface area contributed by atoms with Gasteiger partial charge in [0.2, 0.25) is 0 Å². The Morgan fingerprint density at radius 3 is 2.69 bits per heavy atom. The normalized spacial score (nSPS) is 12.2. The van der Waals surface area contributed by atoms with Crippen LogP contribution < -0.4 is 4.74 Å². The van der Waals surface area contributed by atoms with Crippen molar-refractivity contribution in [2.45, 2.75) is 19.4 Å². The molecule has 0 aromatic heterocycles. The standard InChI is InChI=1S/C10H9BrCl2O3/c1-5(2-10(14)15)16-9-4-7(12)6(11)3-8(9)13/h3-5H,2H2,1H3,(H,14,15)/t5-/m1/s1. The number of aliphatic carboxylic acids is 1. The molecule has 1 atom stereocenters. The number of halogens is 3. The van der Waals surface area contributed by atoms with Crippen molar-refractivity contribution in [3.05, 3.63) is 26.7 Å². The SMILES string of the molecule is C[C@H](CC(=O)O)Oc1cc(Cl)c(Br)cc1Cl. The largest absolute Gasteiger partial charge is 0.488 e. The molecular weight excluding hydrogens is 319 g/mol. The molecule has 0 spiro atoms. The number of hydrogen-bond acceptors (Lipinski definition) is 2. The van der Waals surface area contributed by atoms with Gasteiger partial charge in [0.15, 0.2) is 0 Å². The zero-order valence-corrected chi connectivity index (χ0v) is 11.4. The first-order valence-corrected chi connectivity index (χ1v) is 5.98. The molecule has 0 heterocycles. The fourth-order valence-corrected chi connectivity index (χ4v) is 1.94. The molecule has 0 aliphatic carbocycles. The Labute approximate surface area is 111 Å². The molecule has 0 saturated heterocycles. The molecule has 0 radical (unpaired) electrons. The van der Waals surface area contributed by atoms with E-state index in [4.69, 9.17) is 33.0 Å². The molecule has 0 fully saturated rings. The molecule has 0 aliphatic heterocycles. The number of benzene rings is 1. The zero-order valence-electron chi connectivity index (χ0n) is 8.34. The average Bonchev–Trinajstić information content (AvgIpc) is 2.12. The minimum absolute atomic E-state index is 0.0932. The van der Waals surface area contributed by atoms with Crippen LogP contribution in [-0.2, 0) is 4.79 Å². The summed E-state index contributed by atoms with van der Waals surface area (Å²) in [5.41, 5.74) is 0. The maximum absolute atomic E-state index is 10.5. The first-order chi connectivity index (χ1) is 7.40. The van der Waals surface area contributed by atoms with E-state index < -0.39 is 12.1 Å². The molecule has 88 valence electrons. The fourth-order valence-electron chi connectivity index (χ4n) is 1.10. The van der Waals surface area contributed by atoms with E-state index in [0.29, 0.717) is 20.3 Å². The smallest absolute Gasteiger partial charge is 0.307 e. The number of rotatable bonds is 4. The van der Waals surface area contributed by atoms with Crippen LogP contribution in [0.4, 0.5) is 0 Å². The van der Waals surface area contributed by atoms with Crippen LogP contribution in [-0.4, -0.2) is 17.2 Å². The summed E-state index contributed by atoms with van der Waals surface area (Å²) in [5.74, 6) is -0.546. The topological polar surface area (TPSA) is 46.5 Å². The van der Waals surface area contributed by atoms with Crippen LogP contribution in [0.15, 0.2) is 16.6 Å². The first-order valence-electron chi connectivity index (χ1n) is 4.43. The average molecular weight is 328 g/mol. The summed E-state index contributed by atoms with van der Waals surface area (Å²) in [5, 5.41) is 9.43. The molecular formula is C10H9BrCl2O3. The second-order valence-electron chi connectivity index (χ2n) is 3.22. The Balaban J connectivity index is 2.81. The molecule has 3 nitrogen and oxygen atoms in total. The molecule has 0 bridgehead atoms.